The van der Waals surface area contributed by atoms with Crippen LogP contribution in [0.3, 0.4) is 0 Å². The molecule has 0 aliphatic rings. The van der Waals surface area contributed by atoms with E-state index in [1.54, 1.807) is 0 Å². The number of hydrogen-bond donors (Lipinski definition) is 0. The first-order valence-corrected chi connectivity index (χ1v) is 29.1. The Kier molecular flexibility index (Phi) is 53.8. The van der Waals surface area contributed by atoms with E-state index in [0.717, 1.165) is 96.3 Å². The molecule has 0 aromatic carbocycles. The molecule has 0 aliphatic carbocycles. The molecule has 0 saturated carbocycles. The van der Waals surface area contributed by atoms with E-state index in [1.807, 2.05) is 0 Å². The molecule has 0 aromatic rings. The van der Waals surface area contributed by atoms with Crippen LogP contribution in [-0.4, -0.2) is 37.2 Å². The Morgan fingerprint density at radius 2 is 0.567 bits per heavy atom. The Morgan fingerprint density at radius 1 is 0.299 bits per heavy atom. The SMILES string of the molecule is CCC/C=C\CCCCCCCC(=O)OCC(COC(=O)CCCCCCCCCCCCCCCCCCCCCC)OC(=O)CCCCCCCC/C=C\C/C=C\C/C=C\CCCCC. The molecule has 0 rings (SSSR count). The number of esters is 3. The summed E-state index contributed by atoms with van der Waals surface area (Å²) in [7, 11) is 0. The summed E-state index contributed by atoms with van der Waals surface area (Å²) in [4.78, 5) is 38.1. The van der Waals surface area contributed by atoms with E-state index in [0.29, 0.717) is 19.3 Å². The summed E-state index contributed by atoms with van der Waals surface area (Å²) in [6, 6.07) is 0. The van der Waals surface area contributed by atoms with Crippen LogP contribution in [0.5, 0.6) is 0 Å². The Bertz CT molecular complexity index is 1170. The fourth-order valence-corrected chi connectivity index (χ4v) is 8.39. The molecule has 6 nitrogen and oxygen atoms in total. The summed E-state index contributed by atoms with van der Waals surface area (Å²) < 4.78 is 16.8. The van der Waals surface area contributed by atoms with Gasteiger partial charge in [-0.15, -0.1) is 0 Å². The van der Waals surface area contributed by atoms with Gasteiger partial charge in [-0.3, -0.25) is 14.4 Å². The largest absolute Gasteiger partial charge is 0.462 e. The Labute approximate surface area is 416 Å². The summed E-state index contributed by atoms with van der Waals surface area (Å²) in [5, 5.41) is 0. The summed E-state index contributed by atoms with van der Waals surface area (Å²) >= 11 is 0. The molecule has 390 valence electrons. The molecule has 0 bridgehead atoms. The number of hydrogen-bond acceptors (Lipinski definition) is 6. The van der Waals surface area contributed by atoms with Gasteiger partial charge >= 0.3 is 17.9 Å². The zero-order chi connectivity index (χ0) is 48.6. The van der Waals surface area contributed by atoms with Gasteiger partial charge in [-0.05, 0) is 77.0 Å². The molecule has 67 heavy (non-hydrogen) atoms. The maximum absolute atomic E-state index is 12.8. The van der Waals surface area contributed by atoms with Crippen molar-refractivity contribution < 1.29 is 28.6 Å². The third kappa shape index (κ3) is 54.2. The Morgan fingerprint density at radius 3 is 0.940 bits per heavy atom. The highest BCUT2D eigenvalue weighted by atomic mass is 16.6. The smallest absolute Gasteiger partial charge is 0.306 e. The molecule has 0 saturated heterocycles. The molecular weight excluding hydrogens is 829 g/mol. The minimum atomic E-state index is -0.781. The van der Waals surface area contributed by atoms with Crippen LogP contribution in [0.15, 0.2) is 48.6 Å². The Balaban J connectivity index is 4.29. The van der Waals surface area contributed by atoms with Crippen molar-refractivity contribution in [1.82, 2.24) is 0 Å². The first-order valence-electron chi connectivity index (χ1n) is 29.1. The van der Waals surface area contributed by atoms with Gasteiger partial charge in [-0.2, -0.15) is 0 Å². The van der Waals surface area contributed by atoms with Crippen molar-refractivity contribution in [1.29, 1.82) is 0 Å². The monoisotopic (exact) mass is 939 g/mol. The molecule has 0 fully saturated rings. The lowest BCUT2D eigenvalue weighted by molar-refractivity contribution is -0.167. The van der Waals surface area contributed by atoms with Crippen LogP contribution in [0.1, 0.15) is 303 Å². The molecule has 0 heterocycles. The molecule has 0 aromatic heterocycles. The number of carbonyl (C=O) groups is 3. The number of unbranched alkanes of at least 4 members (excludes halogenated alkanes) is 34. The van der Waals surface area contributed by atoms with Gasteiger partial charge in [0.15, 0.2) is 6.10 Å². The Hall–Kier alpha value is -2.63. The van der Waals surface area contributed by atoms with Crippen LogP contribution in [-0.2, 0) is 28.6 Å². The van der Waals surface area contributed by atoms with Gasteiger partial charge in [0.1, 0.15) is 13.2 Å². The average Bonchev–Trinajstić information content (AvgIpc) is 3.33. The standard InChI is InChI=1S/C61H110O6/c1-4-7-10-13-16-19-22-24-26-28-30-32-33-35-37-39-42-45-48-51-54-60(63)66-57-58(56-65-59(62)53-50-47-44-41-21-18-15-12-9-6-3)67-61(64)55-52-49-46-43-40-38-36-34-31-29-27-25-23-20-17-14-11-8-5-2/h12,15,17,20,25,27,31,34,58H,4-11,13-14,16,18-19,21-24,26,28-30,32-33,35-57H2,1-3H3/b15-12-,20-17-,27-25-,34-31-. The zero-order valence-electron chi connectivity index (χ0n) is 44.7. The highest BCUT2D eigenvalue weighted by Gasteiger charge is 2.19. The van der Waals surface area contributed by atoms with Crippen molar-refractivity contribution in [3.8, 4) is 0 Å². The third-order valence-corrected chi connectivity index (χ3v) is 12.8. The van der Waals surface area contributed by atoms with Crippen molar-refractivity contribution in [2.24, 2.45) is 0 Å². The van der Waals surface area contributed by atoms with Crippen LogP contribution in [0, 0.1) is 0 Å². The number of allylic oxidation sites excluding steroid dienone is 8. The average molecular weight is 940 g/mol. The van der Waals surface area contributed by atoms with E-state index in [2.05, 4.69) is 69.4 Å². The second-order valence-corrected chi connectivity index (χ2v) is 19.6. The van der Waals surface area contributed by atoms with Gasteiger partial charge in [0.25, 0.3) is 0 Å². The predicted octanol–water partition coefficient (Wildman–Crippen LogP) is 19.4. The molecule has 1 atom stereocenters. The van der Waals surface area contributed by atoms with Crippen molar-refractivity contribution in [3.63, 3.8) is 0 Å². The summed E-state index contributed by atoms with van der Waals surface area (Å²) in [5.74, 6) is -0.889. The normalized spacial score (nSPS) is 12.3. The van der Waals surface area contributed by atoms with Crippen molar-refractivity contribution in [2.45, 2.75) is 309 Å². The van der Waals surface area contributed by atoms with Gasteiger partial charge in [-0.25, -0.2) is 0 Å². The maximum Gasteiger partial charge on any atom is 0.306 e. The fourth-order valence-electron chi connectivity index (χ4n) is 8.39. The molecule has 0 amide bonds. The highest BCUT2D eigenvalue weighted by molar-refractivity contribution is 5.71. The quantitative estimate of drug-likeness (QED) is 0.0262. The molecule has 0 N–H and O–H groups in total. The molecule has 1 unspecified atom stereocenters. The van der Waals surface area contributed by atoms with E-state index in [-0.39, 0.29) is 31.1 Å². The van der Waals surface area contributed by atoms with Gasteiger partial charge in [-0.1, -0.05) is 256 Å². The van der Waals surface area contributed by atoms with E-state index < -0.39 is 6.10 Å². The van der Waals surface area contributed by atoms with Crippen LogP contribution in [0.2, 0.25) is 0 Å². The van der Waals surface area contributed by atoms with Crippen molar-refractivity contribution in [3.05, 3.63) is 48.6 Å². The lowest BCUT2D eigenvalue weighted by atomic mass is 10.0. The molecule has 0 spiro atoms. The van der Waals surface area contributed by atoms with Gasteiger partial charge in [0.2, 0.25) is 0 Å². The first-order chi connectivity index (χ1) is 33.0. The second-order valence-electron chi connectivity index (χ2n) is 19.6. The summed E-state index contributed by atoms with van der Waals surface area (Å²) in [5.41, 5.74) is 0. The topological polar surface area (TPSA) is 78.9 Å². The lowest BCUT2D eigenvalue weighted by Gasteiger charge is -2.18. The minimum absolute atomic E-state index is 0.0784. The van der Waals surface area contributed by atoms with Gasteiger partial charge < -0.3 is 14.2 Å². The molecular formula is C61H110O6. The highest BCUT2D eigenvalue weighted by Crippen LogP contribution is 2.17. The van der Waals surface area contributed by atoms with Crippen molar-refractivity contribution in [2.75, 3.05) is 13.2 Å². The van der Waals surface area contributed by atoms with Crippen LogP contribution in [0.4, 0.5) is 0 Å². The van der Waals surface area contributed by atoms with E-state index in [4.69, 9.17) is 14.2 Å². The second kappa shape index (κ2) is 56.0. The first kappa shape index (κ1) is 64.4. The lowest BCUT2D eigenvalue weighted by Crippen LogP contribution is -2.30. The van der Waals surface area contributed by atoms with E-state index in [1.165, 1.54) is 167 Å². The predicted molar refractivity (Wildman–Crippen MR) is 289 cm³/mol. The van der Waals surface area contributed by atoms with E-state index >= 15 is 0 Å². The number of rotatable bonds is 53. The molecule has 0 aliphatic heterocycles. The number of carbonyl (C=O) groups excluding carboxylic acids is 3. The number of ether oxygens (including phenoxy) is 3. The van der Waals surface area contributed by atoms with Gasteiger partial charge in [0.05, 0.1) is 0 Å². The van der Waals surface area contributed by atoms with E-state index in [9.17, 15) is 14.4 Å². The molecule has 6 heteroatoms. The third-order valence-electron chi connectivity index (χ3n) is 12.8. The zero-order valence-corrected chi connectivity index (χ0v) is 44.7. The van der Waals surface area contributed by atoms with Crippen LogP contribution >= 0.6 is 0 Å². The fraction of sp³-hybridized carbons (Fsp3) is 0.820. The summed E-state index contributed by atoms with van der Waals surface area (Å²) in [6.45, 7) is 6.57. The maximum atomic E-state index is 12.8. The molecule has 0 radical (unpaired) electrons. The summed E-state index contributed by atoms with van der Waals surface area (Å²) in [6.07, 6.45) is 68.2. The van der Waals surface area contributed by atoms with Crippen LogP contribution < -0.4 is 0 Å². The van der Waals surface area contributed by atoms with Gasteiger partial charge in [0, 0.05) is 19.3 Å². The van der Waals surface area contributed by atoms with Crippen LogP contribution in [0.25, 0.3) is 0 Å². The van der Waals surface area contributed by atoms with Crippen molar-refractivity contribution >= 4 is 17.9 Å². The minimum Gasteiger partial charge on any atom is -0.462 e.